The fourth-order valence-electron chi connectivity index (χ4n) is 1.85. The lowest BCUT2D eigenvalue weighted by Gasteiger charge is -2.27. The Morgan fingerprint density at radius 2 is 1.81 bits per heavy atom. The Hall–Kier alpha value is -1.23. The number of benzene rings is 2. The van der Waals surface area contributed by atoms with Crippen molar-refractivity contribution in [1.82, 2.24) is 5.32 Å². The third-order valence-corrected chi connectivity index (χ3v) is 3.47. The molecule has 0 radical (unpaired) electrons. The molecular formula is C14H12Cl3FN2O. The van der Waals surface area contributed by atoms with E-state index in [1.54, 1.807) is 6.07 Å². The van der Waals surface area contributed by atoms with Crippen LogP contribution in [0.25, 0.3) is 10.8 Å². The summed E-state index contributed by atoms with van der Waals surface area (Å²) in [6.45, 7) is -1.18. The van der Waals surface area contributed by atoms with Crippen LogP contribution in [-0.4, -0.2) is 22.5 Å². The van der Waals surface area contributed by atoms with Crippen molar-refractivity contribution in [3.05, 3.63) is 42.5 Å². The Bertz CT molecular complexity index is 645. The van der Waals surface area contributed by atoms with E-state index in [1.807, 2.05) is 36.4 Å². The predicted molar refractivity (Wildman–Crippen MR) is 85.8 cm³/mol. The van der Waals surface area contributed by atoms with Gasteiger partial charge in [0.1, 0.15) is 6.17 Å². The maximum Gasteiger partial charge on any atom is 0.253 e. The summed E-state index contributed by atoms with van der Waals surface area (Å²) in [6, 6.07) is 13.3. The lowest BCUT2D eigenvalue weighted by Crippen LogP contribution is -2.49. The van der Waals surface area contributed by atoms with E-state index < -0.39 is 22.5 Å². The number of carbonyl (C=O) groups excluding carboxylic acids is 1. The lowest BCUT2D eigenvalue weighted by atomic mass is 10.1. The van der Waals surface area contributed by atoms with Crippen molar-refractivity contribution in [2.24, 2.45) is 0 Å². The molecular weight excluding hydrogens is 338 g/mol. The van der Waals surface area contributed by atoms with Crippen LogP contribution in [0, 0.1) is 0 Å². The first-order valence-electron chi connectivity index (χ1n) is 6.07. The molecule has 2 N–H and O–H groups in total. The zero-order valence-electron chi connectivity index (χ0n) is 10.7. The minimum absolute atomic E-state index is 0.643. The van der Waals surface area contributed by atoms with Gasteiger partial charge in [-0.3, -0.25) is 4.79 Å². The van der Waals surface area contributed by atoms with Gasteiger partial charge >= 0.3 is 0 Å². The summed E-state index contributed by atoms with van der Waals surface area (Å²) in [6.07, 6.45) is -1.05. The number of hydrogen-bond acceptors (Lipinski definition) is 2. The average Bonchev–Trinajstić information content (AvgIpc) is 2.45. The fourth-order valence-corrected chi connectivity index (χ4v) is 2.17. The second-order valence-electron chi connectivity index (χ2n) is 4.38. The SMILES string of the molecule is O=C(CF)N[C@@H](Nc1ccc2ccccc2c1)C(Cl)(Cl)Cl. The molecule has 1 amide bonds. The fraction of sp³-hybridized carbons (Fsp3) is 0.214. The first-order chi connectivity index (χ1) is 9.90. The van der Waals surface area contributed by atoms with Crippen LogP contribution in [0.1, 0.15) is 0 Å². The number of amides is 1. The van der Waals surface area contributed by atoms with E-state index in [2.05, 4.69) is 10.6 Å². The summed E-state index contributed by atoms with van der Waals surface area (Å²) in [5.74, 6) is -0.861. The Balaban J connectivity index is 2.23. The molecule has 1 atom stereocenters. The average molecular weight is 350 g/mol. The van der Waals surface area contributed by atoms with Gasteiger partial charge in [-0.1, -0.05) is 65.1 Å². The smallest absolute Gasteiger partial charge is 0.253 e. The Morgan fingerprint density at radius 3 is 2.43 bits per heavy atom. The molecule has 0 spiro atoms. The first-order valence-corrected chi connectivity index (χ1v) is 7.21. The number of hydrogen-bond donors (Lipinski definition) is 2. The summed E-state index contributed by atoms with van der Waals surface area (Å²) in [4.78, 5) is 11.2. The maximum atomic E-state index is 12.3. The van der Waals surface area contributed by atoms with Gasteiger partial charge < -0.3 is 10.6 Å². The zero-order chi connectivity index (χ0) is 15.5. The summed E-state index contributed by atoms with van der Waals surface area (Å²) < 4.78 is 10.5. The number of rotatable bonds is 4. The molecule has 112 valence electrons. The number of nitrogens with one attached hydrogen (secondary N) is 2. The van der Waals surface area contributed by atoms with Crippen molar-refractivity contribution < 1.29 is 9.18 Å². The van der Waals surface area contributed by atoms with Crippen LogP contribution >= 0.6 is 34.8 Å². The van der Waals surface area contributed by atoms with Gasteiger partial charge in [0.05, 0.1) is 0 Å². The highest BCUT2D eigenvalue weighted by molar-refractivity contribution is 6.68. The van der Waals surface area contributed by atoms with Gasteiger partial charge in [0.2, 0.25) is 3.79 Å². The van der Waals surface area contributed by atoms with Gasteiger partial charge in [-0.05, 0) is 22.9 Å². The molecule has 0 aliphatic heterocycles. The molecule has 2 rings (SSSR count). The summed E-state index contributed by atoms with van der Waals surface area (Å²) in [5.41, 5.74) is 0.643. The Labute approximate surface area is 136 Å². The van der Waals surface area contributed by atoms with Crippen molar-refractivity contribution in [2.45, 2.75) is 9.96 Å². The number of fused-ring (bicyclic) bond motifs is 1. The minimum atomic E-state index is -1.82. The molecule has 2 aromatic carbocycles. The van der Waals surface area contributed by atoms with Crippen molar-refractivity contribution in [3.63, 3.8) is 0 Å². The molecule has 0 saturated carbocycles. The summed E-state index contributed by atoms with van der Waals surface area (Å²) >= 11 is 17.4. The van der Waals surface area contributed by atoms with Crippen molar-refractivity contribution >= 4 is 57.2 Å². The molecule has 0 fully saturated rings. The highest BCUT2D eigenvalue weighted by Crippen LogP contribution is 2.31. The zero-order valence-corrected chi connectivity index (χ0v) is 13.0. The molecule has 3 nitrogen and oxygen atoms in total. The third-order valence-electron chi connectivity index (χ3n) is 2.81. The van der Waals surface area contributed by atoms with Crippen LogP contribution in [0.5, 0.6) is 0 Å². The van der Waals surface area contributed by atoms with E-state index in [9.17, 15) is 9.18 Å². The highest BCUT2D eigenvalue weighted by atomic mass is 35.6. The maximum absolute atomic E-state index is 12.3. The summed E-state index contributed by atoms with van der Waals surface area (Å²) in [7, 11) is 0. The first kappa shape index (κ1) is 16.1. The second-order valence-corrected chi connectivity index (χ2v) is 6.75. The van der Waals surface area contributed by atoms with Crippen molar-refractivity contribution in [2.75, 3.05) is 12.0 Å². The largest absolute Gasteiger partial charge is 0.362 e. The molecule has 0 heterocycles. The van der Waals surface area contributed by atoms with Gasteiger partial charge in [0, 0.05) is 5.69 Å². The van der Waals surface area contributed by atoms with Crippen LogP contribution in [0.4, 0.5) is 10.1 Å². The number of anilines is 1. The van der Waals surface area contributed by atoms with E-state index in [0.29, 0.717) is 5.69 Å². The molecule has 7 heteroatoms. The van der Waals surface area contributed by atoms with E-state index >= 15 is 0 Å². The van der Waals surface area contributed by atoms with Gasteiger partial charge in [0.25, 0.3) is 5.91 Å². The van der Waals surface area contributed by atoms with Gasteiger partial charge in [-0.2, -0.15) is 0 Å². The lowest BCUT2D eigenvalue weighted by molar-refractivity contribution is -0.122. The van der Waals surface area contributed by atoms with Gasteiger partial charge in [-0.15, -0.1) is 0 Å². The molecule has 0 bridgehead atoms. The number of halogens is 4. The van der Waals surface area contributed by atoms with Gasteiger partial charge in [0.15, 0.2) is 6.67 Å². The Morgan fingerprint density at radius 1 is 1.14 bits per heavy atom. The number of alkyl halides is 4. The number of carbonyl (C=O) groups is 1. The molecule has 21 heavy (non-hydrogen) atoms. The van der Waals surface area contributed by atoms with E-state index in [1.165, 1.54) is 0 Å². The van der Waals surface area contributed by atoms with Crippen molar-refractivity contribution in [1.29, 1.82) is 0 Å². The Kier molecular flexibility index (Phi) is 5.14. The van der Waals surface area contributed by atoms with Crippen LogP contribution in [0.15, 0.2) is 42.5 Å². The van der Waals surface area contributed by atoms with Crippen LogP contribution in [-0.2, 0) is 4.79 Å². The molecule has 0 unspecified atom stereocenters. The highest BCUT2D eigenvalue weighted by Gasteiger charge is 2.34. The summed E-state index contributed by atoms with van der Waals surface area (Å²) in [5, 5.41) is 7.21. The standard InChI is InChI=1S/C14H12Cl3FN2O/c15-14(16,17)13(20-12(21)8-18)19-11-6-5-9-3-1-2-4-10(9)7-11/h1-7,13,19H,8H2,(H,20,21)/t13-/m1/s1. The second kappa shape index (κ2) is 6.69. The molecule has 0 aliphatic carbocycles. The molecule has 2 aromatic rings. The van der Waals surface area contributed by atoms with Crippen LogP contribution in [0.3, 0.4) is 0 Å². The van der Waals surface area contributed by atoms with E-state index in [-0.39, 0.29) is 0 Å². The van der Waals surface area contributed by atoms with Gasteiger partial charge in [-0.25, -0.2) is 4.39 Å². The van der Waals surface area contributed by atoms with E-state index in [4.69, 9.17) is 34.8 Å². The predicted octanol–water partition coefficient (Wildman–Crippen LogP) is 4.03. The normalized spacial score (nSPS) is 13.0. The molecule has 0 aliphatic rings. The topological polar surface area (TPSA) is 41.1 Å². The van der Waals surface area contributed by atoms with Crippen LogP contribution in [0.2, 0.25) is 0 Å². The monoisotopic (exact) mass is 348 g/mol. The van der Waals surface area contributed by atoms with E-state index in [0.717, 1.165) is 10.8 Å². The molecule has 0 aromatic heterocycles. The van der Waals surface area contributed by atoms with Crippen molar-refractivity contribution in [3.8, 4) is 0 Å². The van der Waals surface area contributed by atoms with Crippen LogP contribution < -0.4 is 10.6 Å². The molecule has 0 saturated heterocycles. The third kappa shape index (κ3) is 4.37. The quantitative estimate of drug-likeness (QED) is 0.646. The minimum Gasteiger partial charge on any atom is -0.362 e.